The molecule has 3 aromatic rings. The number of nitrogens with one attached hydrogen (secondary N) is 1. The second-order valence-corrected chi connectivity index (χ2v) is 7.34. The summed E-state index contributed by atoms with van der Waals surface area (Å²) in [7, 11) is 1.58. The Labute approximate surface area is 181 Å². The summed E-state index contributed by atoms with van der Waals surface area (Å²) < 4.78 is 10.8. The molecule has 0 atom stereocenters. The molecule has 0 unspecified atom stereocenters. The van der Waals surface area contributed by atoms with Crippen LogP contribution in [0.1, 0.15) is 21.5 Å². The van der Waals surface area contributed by atoms with Crippen LogP contribution in [0.2, 0.25) is 0 Å². The molecule has 0 fully saturated rings. The van der Waals surface area contributed by atoms with E-state index in [0.29, 0.717) is 35.8 Å². The first-order chi connectivity index (χ1) is 15.1. The van der Waals surface area contributed by atoms with Crippen LogP contribution in [0.15, 0.2) is 72.8 Å². The number of hydrogen-bond acceptors (Lipinski definition) is 4. The zero-order chi connectivity index (χ0) is 21.6. The molecule has 6 nitrogen and oxygen atoms in total. The van der Waals surface area contributed by atoms with E-state index in [0.717, 1.165) is 12.0 Å². The van der Waals surface area contributed by atoms with Gasteiger partial charge in [-0.05, 0) is 54.4 Å². The van der Waals surface area contributed by atoms with Crippen molar-refractivity contribution >= 4 is 17.5 Å². The third kappa shape index (κ3) is 5.04. The van der Waals surface area contributed by atoms with Gasteiger partial charge in [0.2, 0.25) is 0 Å². The highest BCUT2D eigenvalue weighted by molar-refractivity contribution is 6.04. The largest absolute Gasteiger partial charge is 0.497 e. The molecular weight excluding hydrogens is 392 g/mol. The maximum atomic E-state index is 12.6. The van der Waals surface area contributed by atoms with Crippen molar-refractivity contribution in [3.63, 3.8) is 0 Å². The van der Waals surface area contributed by atoms with E-state index >= 15 is 0 Å². The molecule has 0 aromatic heterocycles. The molecule has 31 heavy (non-hydrogen) atoms. The fourth-order valence-corrected chi connectivity index (χ4v) is 3.50. The van der Waals surface area contributed by atoms with Gasteiger partial charge in [0.1, 0.15) is 11.5 Å². The Morgan fingerprint density at radius 1 is 1.06 bits per heavy atom. The molecular formula is C25H24N2O4. The molecule has 1 aliphatic rings. The van der Waals surface area contributed by atoms with Gasteiger partial charge in [-0.2, -0.15) is 0 Å². The first kappa shape index (κ1) is 20.5. The summed E-state index contributed by atoms with van der Waals surface area (Å²) >= 11 is 0. The average molecular weight is 416 g/mol. The molecule has 0 saturated carbocycles. The van der Waals surface area contributed by atoms with Crippen LogP contribution in [0.5, 0.6) is 11.5 Å². The van der Waals surface area contributed by atoms with E-state index in [-0.39, 0.29) is 18.4 Å². The van der Waals surface area contributed by atoms with Crippen LogP contribution in [0.25, 0.3) is 0 Å². The maximum Gasteiger partial charge on any atom is 0.260 e. The van der Waals surface area contributed by atoms with Crippen molar-refractivity contribution in [1.29, 1.82) is 0 Å². The summed E-state index contributed by atoms with van der Waals surface area (Å²) in [5, 5.41) is 2.91. The molecule has 1 aliphatic heterocycles. The summed E-state index contributed by atoms with van der Waals surface area (Å²) in [6.45, 7) is 1.06. The Bertz CT molecular complexity index is 1060. The normalized spacial score (nSPS) is 13.1. The van der Waals surface area contributed by atoms with E-state index in [1.807, 2.05) is 24.3 Å². The van der Waals surface area contributed by atoms with E-state index in [9.17, 15) is 9.59 Å². The molecule has 3 aromatic carbocycles. The first-order valence-electron chi connectivity index (χ1n) is 10.2. The van der Waals surface area contributed by atoms with Gasteiger partial charge in [-0.3, -0.25) is 9.59 Å². The topological polar surface area (TPSA) is 67.9 Å². The van der Waals surface area contributed by atoms with E-state index in [1.165, 1.54) is 5.56 Å². The predicted octanol–water partition coefficient (Wildman–Crippen LogP) is 3.91. The number of ether oxygens (including phenoxy) is 2. The summed E-state index contributed by atoms with van der Waals surface area (Å²) in [4.78, 5) is 26.9. The summed E-state index contributed by atoms with van der Waals surface area (Å²) in [5.41, 5.74) is 3.24. The Morgan fingerprint density at radius 2 is 1.84 bits per heavy atom. The summed E-state index contributed by atoms with van der Waals surface area (Å²) in [5.74, 6) is 1.10. The third-order valence-corrected chi connectivity index (χ3v) is 5.25. The van der Waals surface area contributed by atoms with Crippen molar-refractivity contribution in [3.8, 4) is 11.5 Å². The van der Waals surface area contributed by atoms with Gasteiger partial charge in [-0.1, -0.05) is 30.3 Å². The van der Waals surface area contributed by atoms with E-state index in [4.69, 9.17) is 9.47 Å². The number of benzene rings is 3. The van der Waals surface area contributed by atoms with Crippen LogP contribution in [-0.4, -0.2) is 37.0 Å². The lowest BCUT2D eigenvalue weighted by Gasteiger charge is -2.20. The molecule has 0 aliphatic carbocycles. The lowest BCUT2D eigenvalue weighted by molar-refractivity contribution is -0.133. The highest BCUT2D eigenvalue weighted by Gasteiger charge is 2.22. The summed E-state index contributed by atoms with van der Waals surface area (Å²) in [6, 6.07) is 22.4. The quantitative estimate of drug-likeness (QED) is 0.662. The zero-order valence-corrected chi connectivity index (χ0v) is 17.3. The van der Waals surface area contributed by atoms with Crippen molar-refractivity contribution in [2.24, 2.45) is 0 Å². The molecule has 2 amide bonds. The Hall–Kier alpha value is -3.80. The molecule has 6 heteroatoms. The number of carbonyl (C=O) groups is 2. The fourth-order valence-electron chi connectivity index (χ4n) is 3.50. The van der Waals surface area contributed by atoms with E-state index in [2.05, 4.69) is 17.4 Å². The molecule has 0 radical (unpaired) electrons. The van der Waals surface area contributed by atoms with Crippen LogP contribution in [-0.2, 0) is 17.8 Å². The van der Waals surface area contributed by atoms with Gasteiger partial charge in [0.15, 0.2) is 6.61 Å². The van der Waals surface area contributed by atoms with Crippen LogP contribution in [0.4, 0.5) is 5.69 Å². The molecule has 1 N–H and O–H groups in total. The SMILES string of the molecule is COc1ccc(C(=O)Nc2ccc3c(c2)CN(CCc2ccccc2)C(=O)CO3)cc1. The van der Waals surface area contributed by atoms with Gasteiger partial charge in [0.05, 0.1) is 7.11 Å². The van der Waals surface area contributed by atoms with Crippen molar-refractivity contribution < 1.29 is 19.1 Å². The fraction of sp³-hybridized carbons (Fsp3) is 0.200. The number of methoxy groups -OCH3 is 1. The molecule has 0 saturated heterocycles. The van der Waals surface area contributed by atoms with Crippen molar-refractivity contribution in [3.05, 3.63) is 89.5 Å². The van der Waals surface area contributed by atoms with Crippen LogP contribution < -0.4 is 14.8 Å². The first-order valence-corrected chi connectivity index (χ1v) is 10.2. The second kappa shape index (κ2) is 9.34. The number of amides is 2. The minimum Gasteiger partial charge on any atom is -0.497 e. The average Bonchev–Trinajstić information content (AvgIpc) is 2.96. The number of carbonyl (C=O) groups excluding carboxylic acids is 2. The lowest BCUT2D eigenvalue weighted by Crippen LogP contribution is -2.34. The molecule has 4 rings (SSSR count). The van der Waals surface area contributed by atoms with Crippen LogP contribution in [0.3, 0.4) is 0 Å². The Balaban J connectivity index is 1.46. The lowest BCUT2D eigenvalue weighted by atomic mass is 10.1. The molecule has 0 spiro atoms. The smallest absolute Gasteiger partial charge is 0.260 e. The van der Waals surface area contributed by atoms with E-state index in [1.54, 1.807) is 48.4 Å². The third-order valence-electron chi connectivity index (χ3n) is 5.25. The van der Waals surface area contributed by atoms with E-state index < -0.39 is 0 Å². The monoisotopic (exact) mass is 416 g/mol. The van der Waals surface area contributed by atoms with Crippen molar-refractivity contribution in [2.75, 3.05) is 25.6 Å². The number of nitrogens with zero attached hydrogens (tertiary/aromatic N) is 1. The van der Waals surface area contributed by atoms with Crippen LogP contribution >= 0.6 is 0 Å². The van der Waals surface area contributed by atoms with Gasteiger partial charge in [-0.25, -0.2) is 0 Å². The highest BCUT2D eigenvalue weighted by Crippen LogP contribution is 2.27. The van der Waals surface area contributed by atoms with Gasteiger partial charge >= 0.3 is 0 Å². The van der Waals surface area contributed by atoms with Crippen molar-refractivity contribution in [1.82, 2.24) is 4.90 Å². The van der Waals surface area contributed by atoms with Crippen LogP contribution in [0, 0.1) is 0 Å². The van der Waals surface area contributed by atoms with Gasteiger partial charge in [0, 0.05) is 29.9 Å². The second-order valence-electron chi connectivity index (χ2n) is 7.34. The molecule has 158 valence electrons. The minimum absolute atomic E-state index is 0.0132. The van der Waals surface area contributed by atoms with Gasteiger partial charge in [-0.15, -0.1) is 0 Å². The molecule has 1 heterocycles. The molecule has 0 bridgehead atoms. The number of rotatable bonds is 6. The highest BCUT2D eigenvalue weighted by atomic mass is 16.5. The number of hydrogen-bond donors (Lipinski definition) is 1. The Kier molecular flexibility index (Phi) is 6.17. The van der Waals surface area contributed by atoms with Gasteiger partial charge in [0.25, 0.3) is 11.8 Å². The standard InChI is InChI=1S/C25H24N2O4/c1-30-22-10-7-19(8-11-22)25(29)26-21-9-12-23-20(15-21)16-27(24(28)17-31-23)14-13-18-5-3-2-4-6-18/h2-12,15H,13-14,16-17H2,1H3,(H,26,29). The zero-order valence-electron chi connectivity index (χ0n) is 17.3. The maximum absolute atomic E-state index is 12.6. The number of anilines is 1. The number of fused-ring (bicyclic) bond motifs is 1. The Morgan fingerprint density at radius 3 is 2.58 bits per heavy atom. The van der Waals surface area contributed by atoms with Crippen molar-refractivity contribution in [2.45, 2.75) is 13.0 Å². The van der Waals surface area contributed by atoms with Gasteiger partial charge < -0.3 is 19.7 Å². The minimum atomic E-state index is -0.214. The predicted molar refractivity (Wildman–Crippen MR) is 118 cm³/mol. The summed E-state index contributed by atoms with van der Waals surface area (Å²) in [6.07, 6.45) is 0.774.